The Labute approximate surface area is 159 Å². The quantitative estimate of drug-likeness (QED) is 0.847. The molecule has 0 aliphatic carbocycles. The number of rotatable bonds is 5. The van der Waals surface area contributed by atoms with Crippen LogP contribution in [0.1, 0.15) is 36.8 Å². The molecule has 144 valence electrons. The predicted octanol–water partition coefficient (Wildman–Crippen LogP) is 3.67. The van der Waals surface area contributed by atoms with Crippen molar-refractivity contribution >= 4 is 27.3 Å². The van der Waals surface area contributed by atoms with E-state index in [0.29, 0.717) is 24.3 Å². The number of nitrogens with zero attached hydrogens (tertiary/aromatic N) is 1. The number of nitrogens with one attached hydrogen (secondary N) is 1. The second-order valence-electron chi connectivity index (χ2n) is 6.78. The zero-order valence-electron chi connectivity index (χ0n) is 15.4. The first-order valence-corrected chi connectivity index (χ1v) is 10.8. The summed E-state index contributed by atoms with van der Waals surface area (Å²) in [6.45, 7) is 2.38. The molecule has 1 unspecified atom stereocenters. The van der Waals surface area contributed by atoms with Crippen LogP contribution in [0.4, 0.5) is 15.8 Å². The molecule has 3 rings (SSSR count). The lowest BCUT2D eigenvalue weighted by Crippen LogP contribution is -2.34. The molecule has 1 heterocycles. The smallest absolute Gasteiger partial charge is 0.232 e. The van der Waals surface area contributed by atoms with E-state index in [-0.39, 0.29) is 17.6 Å². The number of halogens is 1. The summed E-state index contributed by atoms with van der Waals surface area (Å²) < 4.78 is 38.4. The fraction of sp³-hybridized carbons (Fsp3) is 0.350. The molecule has 1 N–H and O–H groups in total. The van der Waals surface area contributed by atoms with Gasteiger partial charge in [0.1, 0.15) is 5.82 Å². The van der Waals surface area contributed by atoms with Gasteiger partial charge in [0.05, 0.1) is 17.9 Å². The number of hydrogen-bond acceptors (Lipinski definition) is 3. The normalized spacial score (nSPS) is 15.1. The Morgan fingerprint density at radius 2 is 1.93 bits per heavy atom. The number of anilines is 2. The minimum atomic E-state index is -3.32. The van der Waals surface area contributed by atoms with Crippen molar-refractivity contribution in [1.82, 2.24) is 0 Å². The molecule has 0 spiro atoms. The summed E-state index contributed by atoms with van der Waals surface area (Å²) in [6, 6.07) is 11.2. The van der Waals surface area contributed by atoms with Crippen molar-refractivity contribution in [1.29, 1.82) is 0 Å². The average molecular weight is 390 g/mol. The van der Waals surface area contributed by atoms with E-state index in [9.17, 15) is 17.6 Å². The van der Waals surface area contributed by atoms with Gasteiger partial charge in [-0.25, -0.2) is 12.8 Å². The number of aryl methyl sites for hydroxylation is 1. The summed E-state index contributed by atoms with van der Waals surface area (Å²) in [5.74, 6) is -0.881. The van der Waals surface area contributed by atoms with Gasteiger partial charge in [-0.2, -0.15) is 0 Å². The third-order valence-electron chi connectivity index (χ3n) is 4.82. The number of amides is 1. The van der Waals surface area contributed by atoms with Gasteiger partial charge in [-0.3, -0.25) is 9.10 Å². The Hall–Kier alpha value is -2.41. The van der Waals surface area contributed by atoms with Crippen LogP contribution in [-0.2, 0) is 21.2 Å². The van der Waals surface area contributed by atoms with Crippen molar-refractivity contribution in [3.8, 4) is 0 Å². The van der Waals surface area contributed by atoms with Crippen LogP contribution in [0.2, 0.25) is 0 Å². The van der Waals surface area contributed by atoms with Crippen molar-refractivity contribution in [2.75, 3.05) is 22.4 Å². The lowest BCUT2D eigenvalue weighted by atomic mass is 9.95. The maximum atomic E-state index is 13.1. The molecule has 1 amide bonds. The lowest BCUT2D eigenvalue weighted by Gasteiger charge is -2.29. The standard InChI is InChI=1S/C20H23FN2O3S/c1-3-18(14-6-8-16(21)9-7-14)20(24)22-17-10-11-19-15(13-17)5-4-12-23(19)27(2,25)26/h6-11,13,18H,3-5,12H2,1-2H3,(H,22,24). The second-order valence-corrected chi connectivity index (χ2v) is 8.69. The molecule has 7 heteroatoms. The Bertz CT molecular complexity index is 942. The Kier molecular flexibility index (Phi) is 5.51. The molecule has 0 bridgehead atoms. The van der Waals surface area contributed by atoms with Gasteiger partial charge in [0.25, 0.3) is 0 Å². The molecule has 1 aliphatic heterocycles. The summed E-state index contributed by atoms with van der Waals surface area (Å²) in [4.78, 5) is 12.7. The van der Waals surface area contributed by atoms with Gasteiger partial charge in [0, 0.05) is 12.2 Å². The van der Waals surface area contributed by atoms with Crippen LogP contribution in [0.25, 0.3) is 0 Å². The largest absolute Gasteiger partial charge is 0.326 e. The number of sulfonamides is 1. The maximum absolute atomic E-state index is 13.1. The van der Waals surface area contributed by atoms with Crippen molar-refractivity contribution in [3.63, 3.8) is 0 Å². The third kappa shape index (κ3) is 4.30. The van der Waals surface area contributed by atoms with Gasteiger partial charge in [-0.1, -0.05) is 19.1 Å². The van der Waals surface area contributed by atoms with Gasteiger partial charge in [0.2, 0.25) is 15.9 Å². The second kappa shape index (κ2) is 7.68. The van der Waals surface area contributed by atoms with Crippen LogP contribution < -0.4 is 9.62 Å². The van der Waals surface area contributed by atoms with E-state index in [1.54, 1.807) is 24.3 Å². The highest BCUT2D eigenvalue weighted by atomic mass is 32.2. The topological polar surface area (TPSA) is 66.5 Å². The molecule has 1 aliphatic rings. The Morgan fingerprint density at radius 3 is 2.56 bits per heavy atom. The zero-order valence-corrected chi connectivity index (χ0v) is 16.2. The number of fused-ring (bicyclic) bond motifs is 1. The van der Waals surface area contributed by atoms with Crippen LogP contribution in [0.15, 0.2) is 42.5 Å². The molecule has 2 aromatic rings. The van der Waals surface area contributed by atoms with Crippen molar-refractivity contribution in [3.05, 3.63) is 59.4 Å². The molecule has 0 radical (unpaired) electrons. The molecule has 5 nitrogen and oxygen atoms in total. The van der Waals surface area contributed by atoms with Crippen molar-refractivity contribution in [2.24, 2.45) is 0 Å². The van der Waals surface area contributed by atoms with Crippen molar-refractivity contribution in [2.45, 2.75) is 32.1 Å². The highest BCUT2D eigenvalue weighted by molar-refractivity contribution is 7.92. The number of hydrogen-bond donors (Lipinski definition) is 1. The maximum Gasteiger partial charge on any atom is 0.232 e. The van der Waals surface area contributed by atoms with Gasteiger partial charge in [-0.15, -0.1) is 0 Å². The van der Waals surface area contributed by atoms with Gasteiger partial charge < -0.3 is 5.32 Å². The first-order chi connectivity index (χ1) is 12.8. The average Bonchev–Trinajstić information content (AvgIpc) is 2.62. The van der Waals surface area contributed by atoms with Crippen molar-refractivity contribution < 1.29 is 17.6 Å². The molecular weight excluding hydrogens is 367 g/mol. The minimum absolute atomic E-state index is 0.167. The summed E-state index contributed by atoms with van der Waals surface area (Å²) in [6.07, 6.45) is 3.29. The summed E-state index contributed by atoms with van der Waals surface area (Å²) in [7, 11) is -3.32. The fourth-order valence-corrected chi connectivity index (χ4v) is 4.48. The van der Waals surface area contributed by atoms with Gasteiger partial charge in [-0.05, 0) is 60.7 Å². The zero-order chi connectivity index (χ0) is 19.6. The summed E-state index contributed by atoms with van der Waals surface area (Å²) in [5, 5.41) is 2.91. The first kappa shape index (κ1) is 19.4. The van der Waals surface area contributed by atoms with E-state index in [1.165, 1.54) is 22.7 Å². The highest BCUT2D eigenvalue weighted by Crippen LogP contribution is 2.32. The molecule has 0 saturated carbocycles. The molecule has 1 atom stereocenters. The first-order valence-electron chi connectivity index (χ1n) is 8.96. The number of carbonyl (C=O) groups excluding carboxylic acids is 1. The van der Waals surface area contributed by atoms with Crippen LogP contribution in [0, 0.1) is 5.82 Å². The molecular formula is C20H23FN2O3S. The van der Waals surface area contributed by atoms with Crippen LogP contribution in [0.5, 0.6) is 0 Å². The van der Waals surface area contributed by atoms with Crippen LogP contribution >= 0.6 is 0 Å². The number of benzene rings is 2. The third-order valence-corrected chi connectivity index (χ3v) is 6.00. The van der Waals surface area contributed by atoms with Gasteiger partial charge in [0.15, 0.2) is 0 Å². The molecule has 27 heavy (non-hydrogen) atoms. The van der Waals surface area contributed by atoms with E-state index in [0.717, 1.165) is 24.0 Å². The number of carbonyl (C=O) groups is 1. The van der Waals surface area contributed by atoms with E-state index in [1.807, 2.05) is 13.0 Å². The van der Waals surface area contributed by atoms with Crippen LogP contribution in [-0.4, -0.2) is 27.1 Å². The molecule has 0 saturated heterocycles. The monoisotopic (exact) mass is 390 g/mol. The Balaban J connectivity index is 1.81. The fourth-order valence-electron chi connectivity index (χ4n) is 3.48. The van der Waals surface area contributed by atoms with Gasteiger partial charge >= 0.3 is 0 Å². The lowest BCUT2D eigenvalue weighted by molar-refractivity contribution is -0.117. The minimum Gasteiger partial charge on any atom is -0.326 e. The highest BCUT2D eigenvalue weighted by Gasteiger charge is 2.25. The van der Waals surface area contributed by atoms with E-state index >= 15 is 0 Å². The Morgan fingerprint density at radius 1 is 1.22 bits per heavy atom. The van der Waals surface area contributed by atoms with E-state index < -0.39 is 10.0 Å². The summed E-state index contributed by atoms with van der Waals surface area (Å²) in [5.41, 5.74) is 2.97. The predicted molar refractivity (Wildman–Crippen MR) is 105 cm³/mol. The van der Waals surface area contributed by atoms with E-state index in [2.05, 4.69) is 5.32 Å². The van der Waals surface area contributed by atoms with E-state index in [4.69, 9.17) is 0 Å². The van der Waals surface area contributed by atoms with Crippen LogP contribution in [0.3, 0.4) is 0 Å². The molecule has 0 aromatic heterocycles. The summed E-state index contributed by atoms with van der Waals surface area (Å²) >= 11 is 0. The SMILES string of the molecule is CCC(C(=O)Nc1ccc2c(c1)CCCN2S(C)(=O)=O)c1ccc(F)cc1. The molecule has 2 aromatic carbocycles. The molecule has 0 fully saturated rings.